The average Bonchev–Trinajstić information content (AvgIpc) is 3.15. The fourth-order valence-corrected chi connectivity index (χ4v) is 2.90. The Kier molecular flexibility index (Phi) is 8.63. The van der Waals surface area contributed by atoms with Crippen LogP contribution >= 0.6 is 24.0 Å². The Morgan fingerprint density at radius 1 is 1.10 bits per heavy atom. The lowest BCUT2D eigenvalue weighted by Gasteiger charge is -2.13. The summed E-state index contributed by atoms with van der Waals surface area (Å²) in [5.74, 6) is 0.953. The lowest BCUT2D eigenvalue weighted by molar-refractivity contribution is 0.571. The smallest absolute Gasteiger partial charge is 0.226 e. The molecule has 2 N–H and O–H groups in total. The number of guanidine groups is 1. The molecule has 1 heterocycles. The number of oxazole rings is 1. The predicted octanol–water partition coefficient (Wildman–Crippen LogP) is 4.62. The Bertz CT molecular complexity index is 954. The van der Waals surface area contributed by atoms with Crippen molar-refractivity contribution in [2.45, 2.75) is 26.8 Å². The predicted molar refractivity (Wildman–Crippen MR) is 125 cm³/mol. The maximum Gasteiger partial charge on any atom is 0.226 e. The van der Waals surface area contributed by atoms with Crippen LogP contribution in [0.3, 0.4) is 0 Å². The molecule has 0 aliphatic heterocycles. The van der Waals surface area contributed by atoms with Gasteiger partial charge >= 0.3 is 0 Å². The number of halogens is 2. The summed E-state index contributed by atoms with van der Waals surface area (Å²) in [4.78, 5) is 8.71. The Labute approximate surface area is 187 Å². The molecule has 0 spiro atoms. The molecule has 0 atom stereocenters. The van der Waals surface area contributed by atoms with Crippen LogP contribution in [0.15, 0.2) is 58.1 Å². The summed E-state index contributed by atoms with van der Waals surface area (Å²) in [7, 11) is 1.75. The molecule has 5 nitrogen and oxygen atoms in total. The topological polar surface area (TPSA) is 62.5 Å². The lowest BCUT2D eigenvalue weighted by Crippen LogP contribution is -2.38. The van der Waals surface area contributed by atoms with Crippen LogP contribution in [-0.2, 0) is 13.0 Å². The van der Waals surface area contributed by atoms with Gasteiger partial charge in [-0.25, -0.2) is 9.37 Å². The third-order valence-corrected chi connectivity index (χ3v) is 4.48. The molecule has 3 aromatic rings. The largest absolute Gasteiger partial charge is 0.444 e. The van der Waals surface area contributed by atoms with E-state index in [-0.39, 0.29) is 29.8 Å². The van der Waals surface area contributed by atoms with Crippen molar-refractivity contribution in [3.8, 4) is 11.5 Å². The molecular formula is C22H26FIN4O. The third-order valence-electron chi connectivity index (χ3n) is 4.48. The van der Waals surface area contributed by atoms with Gasteiger partial charge in [0.25, 0.3) is 0 Å². The van der Waals surface area contributed by atoms with Crippen molar-refractivity contribution in [3.63, 3.8) is 0 Å². The third kappa shape index (κ3) is 6.56. The average molecular weight is 508 g/mol. The number of nitrogens with one attached hydrogen (secondary N) is 2. The molecule has 2 aromatic carbocycles. The van der Waals surface area contributed by atoms with E-state index in [0.29, 0.717) is 25.4 Å². The van der Waals surface area contributed by atoms with Crippen LogP contribution in [0, 0.1) is 19.7 Å². The van der Waals surface area contributed by atoms with E-state index in [1.165, 1.54) is 28.8 Å². The second-order valence-electron chi connectivity index (χ2n) is 6.68. The summed E-state index contributed by atoms with van der Waals surface area (Å²) in [6.45, 7) is 5.59. The van der Waals surface area contributed by atoms with Gasteiger partial charge in [0.2, 0.25) is 5.89 Å². The van der Waals surface area contributed by atoms with E-state index < -0.39 is 0 Å². The second kappa shape index (κ2) is 10.9. The molecule has 3 rings (SSSR count). The van der Waals surface area contributed by atoms with Crippen molar-refractivity contribution in [1.29, 1.82) is 0 Å². The van der Waals surface area contributed by atoms with Crippen molar-refractivity contribution >= 4 is 29.9 Å². The van der Waals surface area contributed by atoms with E-state index in [9.17, 15) is 4.39 Å². The van der Waals surface area contributed by atoms with E-state index in [2.05, 4.69) is 52.7 Å². The van der Waals surface area contributed by atoms with Gasteiger partial charge in [0.05, 0.1) is 5.69 Å². The number of rotatable bonds is 6. The van der Waals surface area contributed by atoms with E-state index in [1.54, 1.807) is 25.4 Å². The zero-order chi connectivity index (χ0) is 19.9. The summed E-state index contributed by atoms with van der Waals surface area (Å²) in [5.41, 5.74) is 5.35. The number of hydrogen-bond acceptors (Lipinski definition) is 3. The van der Waals surface area contributed by atoms with Gasteiger partial charge < -0.3 is 15.1 Å². The zero-order valence-corrected chi connectivity index (χ0v) is 19.2. The van der Waals surface area contributed by atoms with Gasteiger partial charge in [-0.05, 0) is 49.2 Å². The first kappa shape index (κ1) is 22.9. The summed E-state index contributed by atoms with van der Waals surface area (Å²) in [6.07, 6.45) is 2.32. The van der Waals surface area contributed by atoms with Crippen molar-refractivity contribution in [3.05, 3.63) is 76.9 Å². The zero-order valence-electron chi connectivity index (χ0n) is 16.8. The Morgan fingerprint density at radius 2 is 1.86 bits per heavy atom. The quantitative estimate of drug-likeness (QED) is 0.290. The van der Waals surface area contributed by atoms with Crippen molar-refractivity contribution < 1.29 is 8.81 Å². The molecule has 7 heteroatoms. The van der Waals surface area contributed by atoms with Crippen LogP contribution in [0.1, 0.15) is 22.4 Å². The van der Waals surface area contributed by atoms with Crippen LogP contribution in [-0.4, -0.2) is 24.5 Å². The number of hydrogen-bond donors (Lipinski definition) is 2. The molecule has 0 unspecified atom stereocenters. The summed E-state index contributed by atoms with van der Waals surface area (Å²) < 4.78 is 18.5. The SMILES string of the molecule is CN=C(NCCc1coc(-c2ccc(F)cc2)n1)NCc1ccc(C)cc1C.I. The normalized spacial score (nSPS) is 11.1. The number of benzene rings is 2. The van der Waals surface area contributed by atoms with Crippen molar-refractivity contribution in [2.24, 2.45) is 4.99 Å². The minimum Gasteiger partial charge on any atom is -0.444 e. The second-order valence-corrected chi connectivity index (χ2v) is 6.68. The highest BCUT2D eigenvalue weighted by molar-refractivity contribution is 14.0. The minimum absolute atomic E-state index is 0. The Morgan fingerprint density at radius 3 is 2.55 bits per heavy atom. The molecule has 0 saturated heterocycles. The standard InChI is InChI=1S/C22H25FN4O.HI/c1-15-4-5-18(16(2)12-15)13-26-22(24-3)25-11-10-20-14-28-21(27-20)17-6-8-19(23)9-7-17;/h4-9,12,14H,10-11,13H2,1-3H3,(H2,24,25,26);1H. The van der Waals surface area contributed by atoms with Crippen LogP contribution in [0.5, 0.6) is 0 Å². The molecule has 154 valence electrons. The van der Waals surface area contributed by atoms with Crippen LogP contribution in [0.2, 0.25) is 0 Å². The molecule has 0 saturated carbocycles. The van der Waals surface area contributed by atoms with Gasteiger partial charge in [0.1, 0.15) is 12.1 Å². The van der Waals surface area contributed by atoms with Gasteiger partial charge in [-0.15, -0.1) is 24.0 Å². The molecule has 0 fully saturated rings. The highest BCUT2D eigenvalue weighted by Crippen LogP contribution is 2.19. The van der Waals surface area contributed by atoms with Crippen LogP contribution in [0.4, 0.5) is 4.39 Å². The van der Waals surface area contributed by atoms with Crippen molar-refractivity contribution in [1.82, 2.24) is 15.6 Å². The van der Waals surface area contributed by atoms with Gasteiger partial charge in [0.15, 0.2) is 5.96 Å². The first-order chi connectivity index (χ1) is 13.5. The van der Waals surface area contributed by atoms with Gasteiger partial charge in [-0.2, -0.15) is 0 Å². The van der Waals surface area contributed by atoms with Gasteiger partial charge in [-0.1, -0.05) is 23.8 Å². The summed E-state index contributed by atoms with van der Waals surface area (Å²) >= 11 is 0. The Balaban J connectivity index is 0.00000300. The molecule has 0 radical (unpaired) electrons. The molecule has 1 aromatic heterocycles. The van der Waals surface area contributed by atoms with E-state index in [0.717, 1.165) is 17.2 Å². The van der Waals surface area contributed by atoms with E-state index in [4.69, 9.17) is 4.42 Å². The molecule has 29 heavy (non-hydrogen) atoms. The number of aromatic nitrogens is 1. The maximum atomic E-state index is 13.0. The Hall–Kier alpha value is -2.42. The fraction of sp³-hybridized carbons (Fsp3) is 0.273. The number of nitrogens with zero attached hydrogens (tertiary/aromatic N) is 2. The van der Waals surface area contributed by atoms with Crippen LogP contribution < -0.4 is 10.6 Å². The molecule has 0 aliphatic carbocycles. The lowest BCUT2D eigenvalue weighted by atomic mass is 10.1. The van der Waals surface area contributed by atoms with E-state index in [1.807, 2.05) is 0 Å². The molecule has 0 aliphatic rings. The number of aliphatic imine (C=N–C) groups is 1. The van der Waals surface area contributed by atoms with E-state index >= 15 is 0 Å². The minimum atomic E-state index is -0.278. The van der Waals surface area contributed by atoms with Gasteiger partial charge in [-0.3, -0.25) is 4.99 Å². The highest BCUT2D eigenvalue weighted by Gasteiger charge is 2.07. The fourth-order valence-electron chi connectivity index (χ4n) is 2.90. The number of aryl methyl sites for hydroxylation is 2. The summed E-state index contributed by atoms with van der Waals surface area (Å²) in [6, 6.07) is 12.5. The first-order valence-corrected chi connectivity index (χ1v) is 9.26. The summed E-state index contributed by atoms with van der Waals surface area (Å²) in [5, 5.41) is 6.61. The van der Waals surface area contributed by atoms with Gasteiger partial charge in [0, 0.05) is 32.1 Å². The first-order valence-electron chi connectivity index (χ1n) is 9.26. The van der Waals surface area contributed by atoms with Crippen molar-refractivity contribution in [2.75, 3.05) is 13.6 Å². The maximum absolute atomic E-state index is 13.0. The van der Waals surface area contributed by atoms with Crippen LogP contribution in [0.25, 0.3) is 11.5 Å². The molecule has 0 amide bonds. The molecular weight excluding hydrogens is 482 g/mol. The monoisotopic (exact) mass is 508 g/mol. The molecule has 0 bridgehead atoms. The highest BCUT2D eigenvalue weighted by atomic mass is 127.